The van der Waals surface area contributed by atoms with Gasteiger partial charge < -0.3 is 14.5 Å². The van der Waals surface area contributed by atoms with Crippen molar-refractivity contribution in [2.24, 2.45) is 0 Å². The lowest BCUT2D eigenvalue weighted by Gasteiger charge is -2.09. The number of rotatable bonds is 7. The van der Waals surface area contributed by atoms with Crippen molar-refractivity contribution >= 4 is 22.7 Å². The molecule has 0 radical (unpaired) electrons. The first-order valence-electron chi connectivity index (χ1n) is 8.00. The topological polar surface area (TPSA) is 115 Å². The van der Waals surface area contributed by atoms with E-state index in [0.717, 1.165) is 6.42 Å². The number of methoxy groups -OCH3 is 2. The Bertz CT molecular complexity index is 1040. The second-order valence-corrected chi connectivity index (χ2v) is 6.43. The Morgan fingerprint density at radius 1 is 1.19 bits per heavy atom. The van der Waals surface area contributed by atoms with E-state index in [1.807, 2.05) is 6.92 Å². The van der Waals surface area contributed by atoms with Gasteiger partial charge in [-0.1, -0.05) is 18.7 Å². The van der Waals surface area contributed by atoms with Crippen LogP contribution < -0.4 is 20.7 Å². The highest BCUT2D eigenvalue weighted by Crippen LogP contribution is 2.30. The molecule has 0 unspecified atom stereocenters. The molecule has 0 aliphatic carbocycles. The van der Waals surface area contributed by atoms with Crippen LogP contribution in [-0.4, -0.2) is 39.0 Å². The fourth-order valence-corrected chi connectivity index (χ4v) is 3.39. The van der Waals surface area contributed by atoms with Crippen molar-refractivity contribution in [1.82, 2.24) is 24.7 Å². The van der Waals surface area contributed by atoms with Crippen molar-refractivity contribution in [2.45, 2.75) is 30.8 Å². The molecule has 26 heavy (non-hydrogen) atoms. The van der Waals surface area contributed by atoms with Crippen LogP contribution in [0, 0.1) is 0 Å². The second kappa shape index (κ2) is 7.65. The maximum atomic E-state index is 12.4. The third-order valence-electron chi connectivity index (χ3n) is 3.77. The number of benzene rings is 1. The van der Waals surface area contributed by atoms with Gasteiger partial charge in [0.15, 0.2) is 16.7 Å². The summed E-state index contributed by atoms with van der Waals surface area (Å²) in [5.74, 6) is 1.82. The van der Waals surface area contributed by atoms with Gasteiger partial charge in [0.2, 0.25) is 0 Å². The van der Waals surface area contributed by atoms with Crippen molar-refractivity contribution < 1.29 is 9.47 Å². The van der Waals surface area contributed by atoms with Crippen molar-refractivity contribution in [3.8, 4) is 11.5 Å². The Morgan fingerprint density at radius 3 is 2.62 bits per heavy atom. The summed E-state index contributed by atoms with van der Waals surface area (Å²) in [5.41, 5.74) is 0.000603. The van der Waals surface area contributed by atoms with Gasteiger partial charge in [0.05, 0.1) is 30.9 Å². The zero-order valence-electron chi connectivity index (χ0n) is 14.7. The molecular weight excluding hydrogens is 358 g/mol. The van der Waals surface area contributed by atoms with Crippen LogP contribution in [-0.2, 0) is 12.3 Å². The van der Waals surface area contributed by atoms with Gasteiger partial charge in [0.25, 0.3) is 5.56 Å². The Balaban J connectivity index is 1.92. The maximum Gasteiger partial charge on any atom is 0.343 e. The van der Waals surface area contributed by atoms with Crippen LogP contribution in [0.15, 0.2) is 26.9 Å². The first-order valence-corrected chi connectivity index (χ1v) is 8.98. The molecule has 0 spiro atoms. The zero-order chi connectivity index (χ0) is 18.7. The van der Waals surface area contributed by atoms with Gasteiger partial charge in [0, 0.05) is 12.6 Å². The van der Waals surface area contributed by atoms with Gasteiger partial charge in [-0.25, -0.2) is 14.9 Å². The highest BCUT2D eigenvalue weighted by molar-refractivity contribution is 7.98. The molecule has 3 aromatic rings. The van der Waals surface area contributed by atoms with Crippen LogP contribution in [0.3, 0.4) is 0 Å². The predicted octanol–water partition coefficient (Wildman–Crippen LogP) is 1.53. The van der Waals surface area contributed by atoms with E-state index in [4.69, 9.17) is 9.47 Å². The number of aromatic nitrogens is 5. The van der Waals surface area contributed by atoms with Gasteiger partial charge >= 0.3 is 5.69 Å². The minimum Gasteiger partial charge on any atom is -0.493 e. The molecule has 0 aliphatic heterocycles. The summed E-state index contributed by atoms with van der Waals surface area (Å²) in [6.07, 6.45) is 0.819. The quantitative estimate of drug-likeness (QED) is 0.600. The number of hydrogen-bond acceptors (Lipinski definition) is 7. The number of ether oxygens (including phenoxy) is 2. The third kappa shape index (κ3) is 3.45. The third-order valence-corrected chi connectivity index (χ3v) is 4.76. The highest BCUT2D eigenvalue weighted by Gasteiger charge is 2.13. The predicted molar refractivity (Wildman–Crippen MR) is 98.2 cm³/mol. The molecule has 138 valence electrons. The molecule has 0 saturated heterocycles. The van der Waals surface area contributed by atoms with Crippen LogP contribution in [0.4, 0.5) is 0 Å². The summed E-state index contributed by atoms with van der Waals surface area (Å²) in [4.78, 5) is 31.3. The average molecular weight is 377 g/mol. The molecule has 0 fully saturated rings. The Morgan fingerprint density at radius 2 is 1.92 bits per heavy atom. The Labute approximate surface area is 152 Å². The van der Waals surface area contributed by atoms with Crippen LogP contribution in [0.5, 0.6) is 11.5 Å². The summed E-state index contributed by atoms with van der Waals surface area (Å²) in [5, 5.41) is 7.43. The van der Waals surface area contributed by atoms with Gasteiger partial charge in [-0.05, 0) is 12.5 Å². The number of nitrogens with one attached hydrogen (secondary N) is 2. The maximum absolute atomic E-state index is 12.4. The molecule has 0 aliphatic rings. The van der Waals surface area contributed by atoms with Gasteiger partial charge in [-0.2, -0.15) is 0 Å². The largest absolute Gasteiger partial charge is 0.493 e. The van der Waals surface area contributed by atoms with E-state index in [9.17, 15) is 9.59 Å². The smallest absolute Gasteiger partial charge is 0.343 e. The van der Waals surface area contributed by atoms with E-state index < -0.39 is 0 Å². The van der Waals surface area contributed by atoms with E-state index in [-0.39, 0.29) is 11.2 Å². The lowest BCUT2D eigenvalue weighted by atomic mass is 10.2. The number of fused-ring (bicyclic) bond motifs is 1. The molecule has 2 N–H and O–H groups in total. The molecule has 0 bridgehead atoms. The lowest BCUT2D eigenvalue weighted by Crippen LogP contribution is -2.17. The number of H-pyrrole nitrogens is 2. The highest BCUT2D eigenvalue weighted by atomic mass is 32.2. The molecule has 9 nitrogen and oxygen atoms in total. The van der Waals surface area contributed by atoms with Gasteiger partial charge in [-0.3, -0.25) is 9.36 Å². The summed E-state index contributed by atoms with van der Waals surface area (Å²) < 4.78 is 12.1. The fourth-order valence-electron chi connectivity index (χ4n) is 2.55. The monoisotopic (exact) mass is 377 g/mol. The summed E-state index contributed by atoms with van der Waals surface area (Å²) in [7, 11) is 3.04. The van der Waals surface area contributed by atoms with Crippen LogP contribution in [0.1, 0.15) is 19.2 Å². The molecular formula is C16H19N5O4S. The van der Waals surface area contributed by atoms with Crippen LogP contribution in [0.2, 0.25) is 0 Å². The first kappa shape index (κ1) is 18.1. The number of thioether (sulfide) groups is 1. The Hall–Kier alpha value is -2.75. The lowest BCUT2D eigenvalue weighted by molar-refractivity contribution is 0.355. The average Bonchev–Trinajstić information content (AvgIpc) is 2.99. The summed E-state index contributed by atoms with van der Waals surface area (Å²) in [6, 6.07) is 3.27. The number of hydrogen-bond donors (Lipinski definition) is 2. The molecule has 10 heteroatoms. The number of aromatic amines is 2. The first-order chi connectivity index (χ1) is 12.6. The minimum atomic E-state index is -0.264. The van der Waals surface area contributed by atoms with Gasteiger partial charge in [0.1, 0.15) is 5.82 Å². The minimum absolute atomic E-state index is 0.244. The van der Waals surface area contributed by atoms with Gasteiger partial charge in [-0.15, -0.1) is 5.10 Å². The molecule has 2 aromatic heterocycles. The molecule has 3 rings (SSSR count). The van der Waals surface area contributed by atoms with E-state index in [0.29, 0.717) is 45.7 Å². The Kier molecular flexibility index (Phi) is 5.31. The second-order valence-electron chi connectivity index (χ2n) is 5.49. The van der Waals surface area contributed by atoms with Crippen molar-refractivity contribution in [3.05, 3.63) is 38.8 Å². The fraction of sp³-hybridized carbons (Fsp3) is 0.375. The molecule has 0 saturated carbocycles. The van der Waals surface area contributed by atoms with Crippen molar-refractivity contribution in [3.63, 3.8) is 0 Å². The van der Waals surface area contributed by atoms with E-state index in [1.165, 1.54) is 26.0 Å². The summed E-state index contributed by atoms with van der Waals surface area (Å²) in [6.45, 7) is 2.56. The molecule has 2 heterocycles. The summed E-state index contributed by atoms with van der Waals surface area (Å²) >= 11 is 1.33. The SMILES string of the molecule is CCCn1c(SCc2nc3cc(OC)c(OC)cc3c(=O)[nH]2)n[nH]c1=O. The zero-order valence-corrected chi connectivity index (χ0v) is 15.5. The van der Waals surface area contributed by atoms with Crippen LogP contribution >= 0.6 is 11.8 Å². The molecule has 0 amide bonds. The van der Waals surface area contributed by atoms with Crippen molar-refractivity contribution in [1.29, 1.82) is 0 Å². The standard InChI is InChI=1S/C16H19N5O4S/c1-4-5-21-15(23)19-20-16(21)26-8-13-17-10-7-12(25-3)11(24-2)6-9(10)14(22)18-13/h6-7H,4-5,8H2,1-3H3,(H,19,23)(H,17,18,22). The van der Waals surface area contributed by atoms with E-state index in [1.54, 1.807) is 16.7 Å². The molecule has 1 aromatic carbocycles. The number of nitrogens with zero attached hydrogens (tertiary/aromatic N) is 3. The van der Waals surface area contributed by atoms with Crippen LogP contribution in [0.25, 0.3) is 10.9 Å². The molecule has 0 atom stereocenters. The van der Waals surface area contributed by atoms with E-state index in [2.05, 4.69) is 20.2 Å². The van der Waals surface area contributed by atoms with E-state index >= 15 is 0 Å². The normalized spacial score (nSPS) is 11.0. The van der Waals surface area contributed by atoms with Crippen molar-refractivity contribution in [2.75, 3.05) is 14.2 Å².